The van der Waals surface area contributed by atoms with Crippen molar-refractivity contribution in [3.63, 3.8) is 0 Å². The number of rotatable bonds is 24. The van der Waals surface area contributed by atoms with Crippen LogP contribution < -0.4 is 0 Å². The summed E-state index contributed by atoms with van der Waals surface area (Å²) in [6.45, 7) is 5.50. The summed E-state index contributed by atoms with van der Waals surface area (Å²) in [5, 5.41) is 0. The largest absolute Gasteiger partial charge is 0.466 e. The molecule has 0 N–H and O–H groups in total. The van der Waals surface area contributed by atoms with Gasteiger partial charge in [-0.25, -0.2) is 0 Å². The Morgan fingerprint density at radius 1 is 0.419 bits per heavy atom. The molecule has 0 aliphatic heterocycles. The Labute approximate surface area is 193 Å². The van der Waals surface area contributed by atoms with Crippen LogP contribution in [0.5, 0.6) is 0 Å². The van der Waals surface area contributed by atoms with E-state index in [1.807, 2.05) is 0 Å². The van der Waals surface area contributed by atoms with Gasteiger partial charge in [0.15, 0.2) is 0 Å². The molecule has 0 aromatic carbocycles. The third-order valence-corrected chi connectivity index (χ3v) is 5.78. The van der Waals surface area contributed by atoms with Crippen LogP contribution in [-0.4, -0.2) is 25.2 Å². The first-order valence-electron chi connectivity index (χ1n) is 13.5. The van der Waals surface area contributed by atoms with Crippen molar-refractivity contribution in [2.45, 2.75) is 149 Å². The smallest absolute Gasteiger partial charge is 0.305 e. The average Bonchev–Trinajstić information content (AvgIpc) is 2.76. The first-order valence-corrected chi connectivity index (χ1v) is 13.5. The topological polar surface area (TPSA) is 52.6 Å². The second kappa shape index (κ2) is 25.2. The maximum absolute atomic E-state index is 11.7. The zero-order chi connectivity index (χ0) is 22.8. The Morgan fingerprint density at radius 3 is 1.13 bits per heavy atom. The minimum atomic E-state index is -0.110. The molecule has 0 aliphatic rings. The van der Waals surface area contributed by atoms with Gasteiger partial charge in [0.1, 0.15) is 0 Å². The summed E-state index contributed by atoms with van der Waals surface area (Å²) in [5.41, 5.74) is 0. The summed E-state index contributed by atoms with van der Waals surface area (Å²) < 4.78 is 10.5. The second-order valence-electron chi connectivity index (χ2n) is 8.95. The second-order valence-corrected chi connectivity index (χ2v) is 8.95. The van der Waals surface area contributed by atoms with Crippen LogP contribution in [0.15, 0.2) is 0 Å². The molecule has 4 nitrogen and oxygen atoms in total. The molecule has 0 fully saturated rings. The Hall–Kier alpha value is -1.06. The molecular formula is C27H52O4. The van der Waals surface area contributed by atoms with E-state index in [-0.39, 0.29) is 11.9 Å². The van der Waals surface area contributed by atoms with Crippen LogP contribution in [0.25, 0.3) is 0 Å². The lowest BCUT2D eigenvalue weighted by molar-refractivity contribution is -0.144. The van der Waals surface area contributed by atoms with E-state index in [4.69, 9.17) is 9.47 Å². The van der Waals surface area contributed by atoms with Gasteiger partial charge in [0, 0.05) is 12.8 Å². The summed E-state index contributed by atoms with van der Waals surface area (Å²) in [6.07, 6.45) is 23.8. The number of carbonyl (C=O) groups excluding carboxylic acids is 2. The highest BCUT2D eigenvalue weighted by Crippen LogP contribution is 2.12. The lowest BCUT2D eigenvalue weighted by Crippen LogP contribution is -2.07. The summed E-state index contributed by atoms with van der Waals surface area (Å²) in [5.74, 6) is -0.206. The SMILES string of the molecule is CCCCCCCCCCCCCCCOC(=O)CCCCCC(=O)OCCCCC. The van der Waals surface area contributed by atoms with E-state index in [1.165, 1.54) is 70.6 Å². The van der Waals surface area contributed by atoms with Crippen molar-refractivity contribution in [3.05, 3.63) is 0 Å². The molecule has 184 valence electrons. The molecule has 0 atom stereocenters. The predicted molar refractivity (Wildman–Crippen MR) is 130 cm³/mol. The van der Waals surface area contributed by atoms with Crippen LogP contribution in [0, 0.1) is 0 Å². The van der Waals surface area contributed by atoms with Crippen molar-refractivity contribution in [2.24, 2.45) is 0 Å². The van der Waals surface area contributed by atoms with Crippen molar-refractivity contribution in [2.75, 3.05) is 13.2 Å². The molecule has 0 saturated heterocycles. The fourth-order valence-corrected chi connectivity index (χ4v) is 3.70. The number of hydrogen-bond donors (Lipinski definition) is 0. The molecule has 0 heterocycles. The number of esters is 2. The van der Waals surface area contributed by atoms with Gasteiger partial charge in [-0.15, -0.1) is 0 Å². The maximum Gasteiger partial charge on any atom is 0.305 e. The molecule has 0 saturated carbocycles. The molecule has 4 heteroatoms. The van der Waals surface area contributed by atoms with E-state index in [0.29, 0.717) is 26.1 Å². The van der Waals surface area contributed by atoms with Gasteiger partial charge in [-0.05, 0) is 25.7 Å². The van der Waals surface area contributed by atoms with E-state index in [9.17, 15) is 9.59 Å². The monoisotopic (exact) mass is 440 g/mol. The minimum absolute atomic E-state index is 0.0962. The van der Waals surface area contributed by atoms with Crippen molar-refractivity contribution in [1.82, 2.24) is 0 Å². The molecule has 0 radical (unpaired) electrons. The lowest BCUT2D eigenvalue weighted by atomic mass is 10.0. The molecule has 0 unspecified atom stereocenters. The van der Waals surface area contributed by atoms with Crippen LogP contribution in [-0.2, 0) is 19.1 Å². The van der Waals surface area contributed by atoms with E-state index in [0.717, 1.165) is 51.4 Å². The van der Waals surface area contributed by atoms with Crippen molar-refractivity contribution < 1.29 is 19.1 Å². The van der Waals surface area contributed by atoms with Crippen molar-refractivity contribution in [1.29, 1.82) is 0 Å². The first kappa shape index (κ1) is 29.9. The Morgan fingerprint density at radius 2 is 0.710 bits per heavy atom. The molecule has 0 amide bonds. The number of hydrogen-bond acceptors (Lipinski definition) is 4. The molecule has 0 spiro atoms. The summed E-state index contributed by atoms with van der Waals surface area (Å²) in [7, 11) is 0. The maximum atomic E-state index is 11.7. The molecule has 0 bridgehead atoms. The number of carbonyl (C=O) groups is 2. The van der Waals surface area contributed by atoms with E-state index in [1.54, 1.807) is 0 Å². The molecule has 31 heavy (non-hydrogen) atoms. The Balaban J connectivity index is 3.23. The normalized spacial score (nSPS) is 10.9. The highest BCUT2D eigenvalue weighted by Gasteiger charge is 2.05. The number of unbranched alkanes of at least 4 members (excludes halogenated alkanes) is 16. The Bertz CT molecular complexity index is 395. The summed E-state index contributed by atoms with van der Waals surface area (Å²) in [6, 6.07) is 0. The average molecular weight is 441 g/mol. The fraction of sp³-hybridized carbons (Fsp3) is 0.926. The molecule has 0 aromatic rings. The van der Waals surface area contributed by atoms with E-state index in [2.05, 4.69) is 13.8 Å². The van der Waals surface area contributed by atoms with Gasteiger partial charge in [-0.1, -0.05) is 110 Å². The van der Waals surface area contributed by atoms with Crippen LogP contribution in [0.1, 0.15) is 149 Å². The predicted octanol–water partition coefficient (Wildman–Crippen LogP) is 8.30. The van der Waals surface area contributed by atoms with Gasteiger partial charge in [0.05, 0.1) is 13.2 Å². The lowest BCUT2D eigenvalue weighted by Gasteiger charge is -2.06. The van der Waals surface area contributed by atoms with Gasteiger partial charge >= 0.3 is 11.9 Å². The third kappa shape index (κ3) is 25.1. The van der Waals surface area contributed by atoms with Gasteiger partial charge in [0.25, 0.3) is 0 Å². The highest BCUT2D eigenvalue weighted by molar-refractivity contribution is 5.69. The summed E-state index contributed by atoms with van der Waals surface area (Å²) in [4.78, 5) is 23.3. The zero-order valence-corrected chi connectivity index (χ0v) is 20.9. The van der Waals surface area contributed by atoms with Crippen LogP contribution >= 0.6 is 0 Å². The van der Waals surface area contributed by atoms with E-state index < -0.39 is 0 Å². The minimum Gasteiger partial charge on any atom is -0.466 e. The van der Waals surface area contributed by atoms with Crippen LogP contribution in [0.4, 0.5) is 0 Å². The van der Waals surface area contributed by atoms with Crippen LogP contribution in [0.3, 0.4) is 0 Å². The molecule has 0 aliphatic carbocycles. The van der Waals surface area contributed by atoms with Crippen molar-refractivity contribution >= 4 is 11.9 Å². The quantitative estimate of drug-likeness (QED) is 0.112. The van der Waals surface area contributed by atoms with Gasteiger partial charge in [-0.2, -0.15) is 0 Å². The summed E-state index contributed by atoms with van der Waals surface area (Å²) >= 11 is 0. The Kier molecular flexibility index (Phi) is 24.3. The van der Waals surface area contributed by atoms with E-state index >= 15 is 0 Å². The van der Waals surface area contributed by atoms with Crippen LogP contribution in [0.2, 0.25) is 0 Å². The zero-order valence-electron chi connectivity index (χ0n) is 20.9. The first-order chi connectivity index (χ1) is 15.2. The molecule has 0 rings (SSSR count). The molecule has 0 aromatic heterocycles. The third-order valence-electron chi connectivity index (χ3n) is 5.78. The molecular weight excluding hydrogens is 388 g/mol. The highest BCUT2D eigenvalue weighted by atomic mass is 16.5. The fourth-order valence-electron chi connectivity index (χ4n) is 3.70. The van der Waals surface area contributed by atoms with Gasteiger partial charge < -0.3 is 9.47 Å². The number of ether oxygens (including phenoxy) is 2. The van der Waals surface area contributed by atoms with Gasteiger partial charge in [-0.3, -0.25) is 9.59 Å². The van der Waals surface area contributed by atoms with Gasteiger partial charge in [0.2, 0.25) is 0 Å². The van der Waals surface area contributed by atoms with Crippen molar-refractivity contribution in [3.8, 4) is 0 Å². The standard InChI is InChI=1S/C27H52O4/c1-3-5-7-8-9-10-11-12-13-14-15-16-21-25-31-27(29)23-19-17-18-22-26(28)30-24-20-6-4-2/h3-25H2,1-2H3.